The van der Waals surface area contributed by atoms with Crippen molar-refractivity contribution in [2.75, 3.05) is 18.0 Å². The van der Waals surface area contributed by atoms with Crippen molar-refractivity contribution in [2.24, 2.45) is 4.99 Å². The fourth-order valence-electron chi connectivity index (χ4n) is 2.57. The number of benzene rings is 1. The van der Waals surface area contributed by atoms with Crippen molar-refractivity contribution in [3.8, 4) is 0 Å². The van der Waals surface area contributed by atoms with Gasteiger partial charge in [-0.25, -0.2) is 0 Å². The number of hydrogen-bond donors (Lipinski definition) is 2. The van der Waals surface area contributed by atoms with Crippen LogP contribution in [0.1, 0.15) is 26.2 Å². The topological polar surface area (TPSA) is 56.7 Å². The van der Waals surface area contributed by atoms with Gasteiger partial charge in [0, 0.05) is 31.2 Å². The van der Waals surface area contributed by atoms with Crippen LogP contribution in [0.2, 0.25) is 0 Å². The maximum atomic E-state index is 12.2. The summed E-state index contributed by atoms with van der Waals surface area (Å²) < 4.78 is 0. The zero-order valence-electron chi connectivity index (χ0n) is 12.8. The molecule has 3 rings (SSSR count). The molecule has 0 radical (unpaired) electrons. The van der Waals surface area contributed by atoms with E-state index in [9.17, 15) is 4.79 Å². The number of carbonyl (C=O) groups is 1. The van der Waals surface area contributed by atoms with Crippen LogP contribution in [0.3, 0.4) is 0 Å². The summed E-state index contributed by atoms with van der Waals surface area (Å²) in [6.45, 7) is 3.45. The Morgan fingerprint density at radius 2 is 1.91 bits per heavy atom. The molecule has 0 bridgehead atoms. The molecule has 1 heterocycles. The lowest BCUT2D eigenvalue weighted by Crippen LogP contribution is -2.45. The number of nitrogens with zero attached hydrogens (tertiary/aromatic N) is 2. The molecule has 1 saturated carbocycles. The Balaban J connectivity index is 0.00000176. The van der Waals surface area contributed by atoms with E-state index in [0.717, 1.165) is 18.2 Å². The maximum absolute atomic E-state index is 12.2. The number of nitrogens with one attached hydrogen (secondary N) is 2. The van der Waals surface area contributed by atoms with Crippen LogP contribution in [0.15, 0.2) is 35.3 Å². The molecule has 1 aromatic rings. The Morgan fingerprint density at radius 3 is 2.55 bits per heavy atom. The van der Waals surface area contributed by atoms with Crippen molar-refractivity contribution in [2.45, 2.75) is 38.3 Å². The second-order valence-corrected chi connectivity index (χ2v) is 5.63. The van der Waals surface area contributed by atoms with Crippen LogP contribution in [-0.2, 0) is 4.79 Å². The lowest BCUT2D eigenvalue weighted by atomic mass is 10.2. The van der Waals surface area contributed by atoms with Gasteiger partial charge in [-0.1, -0.05) is 18.2 Å². The maximum Gasteiger partial charge on any atom is 0.229 e. The number of rotatable bonds is 4. The molecule has 1 aromatic carbocycles. The highest BCUT2D eigenvalue weighted by Crippen LogP contribution is 2.21. The molecule has 2 N–H and O–H groups in total. The van der Waals surface area contributed by atoms with Gasteiger partial charge in [-0.15, -0.1) is 24.0 Å². The van der Waals surface area contributed by atoms with Crippen LogP contribution in [0.25, 0.3) is 0 Å². The van der Waals surface area contributed by atoms with Crippen LogP contribution >= 0.6 is 24.0 Å². The van der Waals surface area contributed by atoms with Crippen LogP contribution in [0.5, 0.6) is 0 Å². The smallest absolute Gasteiger partial charge is 0.229 e. The van der Waals surface area contributed by atoms with Gasteiger partial charge >= 0.3 is 0 Å². The highest BCUT2D eigenvalue weighted by molar-refractivity contribution is 14.0. The molecule has 1 unspecified atom stereocenters. The van der Waals surface area contributed by atoms with Crippen molar-refractivity contribution in [3.05, 3.63) is 30.3 Å². The SMILES string of the molecule is CCN=C(NC1CC1)NC1CC(=O)N(c2ccccc2)C1.I. The molecule has 2 fully saturated rings. The third kappa shape index (κ3) is 4.34. The highest BCUT2D eigenvalue weighted by atomic mass is 127. The first-order chi connectivity index (χ1) is 10.3. The van der Waals surface area contributed by atoms with Crippen LogP contribution in [0.4, 0.5) is 5.69 Å². The number of guanidine groups is 1. The summed E-state index contributed by atoms with van der Waals surface area (Å²) in [6.07, 6.45) is 2.94. The summed E-state index contributed by atoms with van der Waals surface area (Å²) >= 11 is 0. The summed E-state index contributed by atoms with van der Waals surface area (Å²) in [4.78, 5) is 18.5. The predicted molar refractivity (Wildman–Crippen MR) is 99.9 cm³/mol. The quantitative estimate of drug-likeness (QED) is 0.451. The molecule has 22 heavy (non-hydrogen) atoms. The van der Waals surface area contributed by atoms with E-state index in [1.807, 2.05) is 42.2 Å². The van der Waals surface area contributed by atoms with E-state index < -0.39 is 0 Å². The first-order valence-corrected chi connectivity index (χ1v) is 7.69. The lowest BCUT2D eigenvalue weighted by Gasteiger charge is -2.19. The summed E-state index contributed by atoms with van der Waals surface area (Å²) in [5, 5.41) is 6.79. The van der Waals surface area contributed by atoms with E-state index in [0.29, 0.717) is 19.0 Å². The molecule has 1 amide bonds. The fraction of sp³-hybridized carbons (Fsp3) is 0.500. The molecule has 1 saturated heterocycles. The number of carbonyl (C=O) groups excluding carboxylic acids is 1. The molecule has 1 atom stereocenters. The second kappa shape index (κ2) is 7.80. The van der Waals surface area contributed by atoms with Crippen molar-refractivity contribution in [3.63, 3.8) is 0 Å². The minimum absolute atomic E-state index is 0. The number of hydrogen-bond acceptors (Lipinski definition) is 2. The van der Waals surface area contributed by atoms with Crippen molar-refractivity contribution in [1.82, 2.24) is 10.6 Å². The zero-order chi connectivity index (χ0) is 14.7. The average molecular weight is 414 g/mol. The van der Waals surface area contributed by atoms with Gasteiger partial charge in [0.1, 0.15) is 0 Å². The Kier molecular flexibility index (Phi) is 6.05. The van der Waals surface area contributed by atoms with E-state index in [-0.39, 0.29) is 35.9 Å². The molecule has 0 aromatic heterocycles. The third-order valence-electron chi connectivity index (χ3n) is 3.77. The molecule has 5 nitrogen and oxygen atoms in total. The van der Waals surface area contributed by atoms with E-state index in [1.165, 1.54) is 12.8 Å². The lowest BCUT2D eigenvalue weighted by molar-refractivity contribution is -0.117. The Hall–Kier alpha value is -1.31. The van der Waals surface area contributed by atoms with Gasteiger partial charge in [-0.2, -0.15) is 0 Å². The molecule has 120 valence electrons. The summed E-state index contributed by atoms with van der Waals surface area (Å²) in [7, 11) is 0. The van der Waals surface area contributed by atoms with E-state index >= 15 is 0 Å². The minimum atomic E-state index is 0. The molecule has 1 aliphatic heterocycles. The first-order valence-electron chi connectivity index (χ1n) is 7.69. The number of anilines is 1. The van der Waals surface area contributed by atoms with Gasteiger partial charge in [0.25, 0.3) is 0 Å². The normalized spacial score (nSPS) is 21.5. The van der Waals surface area contributed by atoms with E-state index in [2.05, 4.69) is 15.6 Å². The number of aliphatic imine (C=N–C) groups is 1. The number of para-hydroxylation sites is 1. The van der Waals surface area contributed by atoms with Gasteiger partial charge < -0.3 is 15.5 Å². The molecular weight excluding hydrogens is 391 g/mol. The molecule has 2 aliphatic rings. The Morgan fingerprint density at radius 1 is 1.23 bits per heavy atom. The first kappa shape index (κ1) is 17.1. The standard InChI is InChI=1S/C16H22N4O.HI/c1-2-17-16(18-12-8-9-12)19-13-10-15(21)20(11-13)14-6-4-3-5-7-14;/h3-7,12-13H,2,8-11H2,1H3,(H2,17,18,19);1H. The molecule has 0 spiro atoms. The van der Waals surface area contributed by atoms with E-state index in [4.69, 9.17) is 0 Å². The summed E-state index contributed by atoms with van der Waals surface area (Å²) in [5.74, 6) is 1.01. The predicted octanol–water partition coefficient (Wildman–Crippen LogP) is 2.13. The summed E-state index contributed by atoms with van der Waals surface area (Å²) in [6, 6.07) is 10.5. The van der Waals surface area contributed by atoms with Gasteiger partial charge in [0.15, 0.2) is 5.96 Å². The molecular formula is C16H23IN4O. The van der Waals surface area contributed by atoms with Gasteiger partial charge in [-0.3, -0.25) is 9.79 Å². The third-order valence-corrected chi connectivity index (χ3v) is 3.77. The summed E-state index contributed by atoms with van der Waals surface area (Å²) in [5.41, 5.74) is 0.968. The van der Waals surface area contributed by atoms with E-state index in [1.54, 1.807) is 0 Å². The van der Waals surface area contributed by atoms with Crippen LogP contribution < -0.4 is 15.5 Å². The second-order valence-electron chi connectivity index (χ2n) is 5.63. The largest absolute Gasteiger partial charge is 0.354 e. The fourth-order valence-corrected chi connectivity index (χ4v) is 2.57. The van der Waals surface area contributed by atoms with Crippen molar-refractivity contribution in [1.29, 1.82) is 0 Å². The molecule has 1 aliphatic carbocycles. The van der Waals surface area contributed by atoms with Crippen LogP contribution in [0, 0.1) is 0 Å². The Bertz CT molecular complexity index is 530. The zero-order valence-corrected chi connectivity index (χ0v) is 15.1. The van der Waals surface area contributed by atoms with Crippen molar-refractivity contribution < 1.29 is 4.79 Å². The number of amides is 1. The van der Waals surface area contributed by atoms with Gasteiger partial charge in [-0.05, 0) is 31.9 Å². The average Bonchev–Trinajstić information content (AvgIpc) is 3.22. The Labute approximate surface area is 148 Å². The van der Waals surface area contributed by atoms with Crippen LogP contribution in [-0.4, -0.2) is 37.0 Å². The van der Waals surface area contributed by atoms with Crippen molar-refractivity contribution >= 4 is 41.5 Å². The monoisotopic (exact) mass is 414 g/mol. The molecule has 6 heteroatoms. The minimum Gasteiger partial charge on any atom is -0.354 e. The highest BCUT2D eigenvalue weighted by Gasteiger charge is 2.32. The van der Waals surface area contributed by atoms with Gasteiger partial charge in [0.05, 0.1) is 6.04 Å². The number of halogens is 1. The van der Waals surface area contributed by atoms with Gasteiger partial charge in [0.2, 0.25) is 5.91 Å².